The smallest absolute Gasteiger partial charge is 0.324 e. The molecule has 0 aromatic carbocycles. The molecule has 1 unspecified atom stereocenters. The number of hydrogen-bond donors (Lipinski definition) is 5. The molecule has 0 saturated heterocycles. The van der Waals surface area contributed by atoms with Crippen LogP contribution in [0.4, 0.5) is 0 Å². The molecule has 0 radical (unpaired) electrons. The lowest BCUT2D eigenvalue weighted by Crippen LogP contribution is -2.71. The molecule has 5 aliphatic rings. The van der Waals surface area contributed by atoms with Crippen molar-refractivity contribution >= 4 is 11.9 Å². The minimum atomic E-state index is -2.44. The number of rotatable bonds is 2. The molecule has 0 spiro atoms. The second-order valence-electron chi connectivity index (χ2n) is 15.1. The number of carbonyl (C=O) groups is 2. The van der Waals surface area contributed by atoms with E-state index in [0.29, 0.717) is 19.3 Å². The minimum absolute atomic E-state index is 0.0392. The summed E-state index contributed by atoms with van der Waals surface area (Å²) in [6.45, 7) is 13.2. The molecule has 0 aromatic heterocycles. The lowest BCUT2D eigenvalue weighted by molar-refractivity contribution is -0.247. The van der Waals surface area contributed by atoms with Gasteiger partial charge < -0.3 is 25.5 Å². The van der Waals surface area contributed by atoms with Gasteiger partial charge in [0, 0.05) is 5.92 Å². The molecular weight excluding hydrogens is 472 g/mol. The Labute approximate surface area is 220 Å². The van der Waals surface area contributed by atoms with Gasteiger partial charge in [-0.25, -0.2) is 0 Å². The van der Waals surface area contributed by atoms with Gasteiger partial charge in [-0.3, -0.25) is 9.59 Å². The van der Waals surface area contributed by atoms with Crippen molar-refractivity contribution in [1.82, 2.24) is 0 Å². The quantitative estimate of drug-likeness (QED) is 0.272. The zero-order valence-electron chi connectivity index (χ0n) is 23.3. The van der Waals surface area contributed by atoms with E-state index in [4.69, 9.17) is 0 Å². The van der Waals surface area contributed by atoms with Crippen LogP contribution >= 0.6 is 0 Å². The van der Waals surface area contributed by atoms with Gasteiger partial charge in [-0.1, -0.05) is 53.2 Å². The Kier molecular flexibility index (Phi) is 5.73. The van der Waals surface area contributed by atoms with Crippen LogP contribution in [0.3, 0.4) is 0 Å². The highest BCUT2D eigenvalue weighted by atomic mass is 16.4. The summed E-state index contributed by atoms with van der Waals surface area (Å²) in [5, 5.41) is 54.0. The van der Waals surface area contributed by atoms with E-state index in [2.05, 4.69) is 40.7 Å². The van der Waals surface area contributed by atoms with Gasteiger partial charge in [0.25, 0.3) is 0 Å². The van der Waals surface area contributed by atoms with E-state index in [9.17, 15) is 35.1 Å². The molecule has 7 heteroatoms. The summed E-state index contributed by atoms with van der Waals surface area (Å²) in [5.74, 6) is -3.91. The molecule has 0 aromatic rings. The summed E-state index contributed by atoms with van der Waals surface area (Å²) < 4.78 is 0. The Hall–Kier alpha value is -1.44. The van der Waals surface area contributed by atoms with Crippen molar-refractivity contribution in [3.63, 3.8) is 0 Å². The van der Waals surface area contributed by atoms with Crippen molar-refractivity contribution in [1.29, 1.82) is 0 Å². The summed E-state index contributed by atoms with van der Waals surface area (Å²) in [5.41, 5.74) is -2.49. The molecule has 37 heavy (non-hydrogen) atoms. The molecule has 0 aliphatic heterocycles. The maximum Gasteiger partial charge on any atom is 0.324 e. The highest BCUT2D eigenvalue weighted by molar-refractivity contribution is 6.00. The lowest BCUT2D eigenvalue weighted by Gasteiger charge is -2.71. The normalized spacial score (nSPS) is 52.0. The van der Waals surface area contributed by atoms with Gasteiger partial charge in [0.2, 0.25) is 0 Å². The fourth-order valence-corrected chi connectivity index (χ4v) is 10.7. The van der Waals surface area contributed by atoms with Gasteiger partial charge in [-0.2, -0.15) is 0 Å². The van der Waals surface area contributed by atoms with Gasteiger partial charge in [0.05, 0.1) is 12.2 Å². The minimum Gasteiger partial charge on any atom is -0.480 e. The van der Waals surface area contributed by atoms with Crippen LogP contribution in [0.5, 0.6) is 0 Å². The Morgan fingerprint density at radius 1 is 0.811 bits per heavy atom. The zero-order valence-corrected chi connectivity index (χ0v) is 23.3. The molecule has 208 valence electrons. The van der Waals surface area contributed by atoms with Gasteiger partial charge in [-0.15, -0.1) is 0 Å². The summed E-state index contributed by atoms with van der Waals surface area (Å²) in [6, 6.07) is 0. The van der Waals surface area contributed by atoms with Crippen LogP contribution in [0, 0.1) is 50.2 Å². The number of aliphatic hydroxyl groups excluding tert-OH is 3. The van der Waals surface area contributed by atoms with E-state index in [1.165, 1.54) is 5.57 Å². The zero-order chi connectivity index (χ0) is 27.6. The van der Waals surface area contributed by atoms with E-state index < -0.39 is 47.0 Å². The van der Waals surface area contributed by atoms with Gasteiger partial charge in [0.15, 0.2) is 5.41 Å². The second kappa shape index (κ2) is 7.82. The molecule has 7 nitrogen and oxygen atoms in total. The van der Waals surface area contributed by atoms with Crippen molar-refractivity contribution in [2.75, 3.05) is 0 Å². The SMILES string of the molecule is CC1(C)CC[C@]2(C)CC[C@]3(C)C(=CC[C@@H]4[C@@]5(C)C[C@@H](O)[C@H](O)C(C(=O)O)(C(=O)O)C5CC[C@]43C)[C@H]2[C@@H]1O. The van der Waals surface area contributed by atoms with Crippen LogP contribution in [0.25, 0.3) is 0 Å². The number of carboxylic acids is 2. The molecule has 5 N–H and O–H groups in total. The first-order valence-corrected chi connectivity index (χ1v) is 14.1. The highest BCUT2D eigenvalue weighted by Crippen LogP contribution is 2.75. The molecule has 10 atom stereocenters. The van der Waals surface area contributed by atoms with Crippen molar-refractivity contribution in [2.24, 2.45) is 50.2 Å². The number of allylic oxidation sites excluding steroid dienone is 1. The monoisotopic (exact) mass is 518 g/mol. The maximum absolute atomic E-state index is 12.6. The average Bonchev–Trinajstić information content (AvgIpc) is 2.79. The first-order chi connectivity index (χ1) is 16.9. The van der Waals surface area contributed by atoms with E-state index in [0.717, 1.165) is 25.7 Å². The van der Waals surface area contributed by atoms with E-state index >= 15 is 0 Å². The number of fused-ring (bicyclic) bond motifs is 7. The summed E-state index contributed by atoms with van der Waals surface area (Å²) >= 11 is 0. The number of carboxylic acid groups (broad SMARTS) is 2. The topological polar surface area (TPSA) is 135 Å². The first-order valence-electron chi connectivity index (χ1n) is 14.1. The Balaban J connectivity index is 1.64. The molecule has 5 aliphatic carbocycles. The highest BCUT2D eigenvalue weighted by Gasteiger charge is 2.74. The van der Waals surface area contributed by atoms with Crippen LogP contribution < -0.4 is 0 Å². The standard InChI is InChI=1S/C30H46O7/c1-25(2)11-12-26(3)13-14-28(5)16(20(26)22(25)33)7-8-18-27(4)15-17(31)21(32)30(23(34)35,24(36)37)19(27)9-10-29(18,28)6/h7,17-22,31-33H,8-15H2,1-6H3,(H,34,35)(H,36,37)/t17-,18-,19?,20+,21+,22+,26-,27-,28-,29-/m1/s1. The molecule has 4 saturated carbocycles. The van der Waals surface area contributed by atoms with Crippen LogP contribution in [0.2, 0.25) is 0 Å². The van der Waals surface area contributed by atoms with E-state index in [1.807, 2.05) is 6.92 Å². The molecule has 0 heterocycles. The molecule has 5 rings (SSSR count). The van der Waals surface area contributed by atoms with Crippen LogP contribution in [-0.2, 0) is 9.59 Å². The van der Waals surface area contributed by atoms with Crippen molar-refractivity contribution in [3.05, 3.63) is 11.6 Å². The Bertz CT molecular complexity index is 1030. The first kappa shape index (κ1) is 27.1. The van der Waals surface area contributed by atoms with Crippen molar-refractivity contribution in [2.45, 2.75) is 111 Å². The molecule has 0 amide bonds. The third kappa shape index (κ3) is 3.05. The summed E-state index contributed by atoms with van der Waals surface area (Å²) in [4.78, 5) is 25.2. The van der Waals surface area contributed by atoms with E-state index in [-0.39, 0.29) is 39.9 Å². The third-order valence-electron chi connectivity index (χ3n) is 13.3. The van der Waals surface area contributed by atoms with Crippen LogP contribution in [-0.4, -0.2) is 55.8 Å². The van der Waals surface area contributed by atoms with Gasteiger partial charge in [-0.05, 0) is 90.3 Å². The Morgan fingerprint density at radius 2 is 1.41 bits per heavy atom. The predicted octanol–water partition coefficient (Wildman–Crippen LogP) is 4.24. The molecule has 0 bridgehead atoms. The van der Waals surface area contributed by atoms with Crippen molar-refractivity contribution < 1.29 is 35.1 Å². The fraction of sp³-hybridized carbons (Fsp3) is 0.867. The number of hydrogen-bond acceptors (Lipinski definition) is 5. The lowest BCUT2D eigenvalue weighted by atomic mass is 9.33. The molecule has 4 fully saturated rings. The Morgan fingerprint density at radius 3 is 2.00 bits per heavy atom. The molecular formula is C30H46O7. The van der Waals surface area contributed by atoms with Crippen LogP contribution in [0.15, 0.2) is 11.6 Å². The summed E-state index contributed by atoms with van der Waals surface area (Å²) in [6.07, 6.45) is 4.49. The maximum atomic E-state index is 12.6. The van der Waals surface area contributed by atoms with Gasteiger partial charge in [0.1, 0.15) is 6.10 Å². The van der Waals surface area contributed by atoms with Crippen molar-refractivity contribution in [3.8, 4) is 0 Å². The number of aliphatic carboxylic acids is 2. The average molecular weight is 519 g/mol. The second-order valence-corrected chi connectivity index (χ2v) is 15.1. The van der Waals surface area contributed by atoms with Crippen LogP contribution in [0.1, 0.15) is 92.9 Å². The predicted molar refractivity (Wildman–Crippen MR) is 137 cm³/mol. The summed E-state index contributed by atoms with van der Waals surface area (Å²) in [7, 11) is 0. The van der Waals surface area contributed by atoms with Gasteiger partial charge >= 0.3 is 11.9 Å². The number of aliphatic hydroxyl groups is 3. The largest absolute Gasteiger partial charge is 0.480 e. The third-order valence-corrected chi connectivity index (χ3v) is 13.3. The fourth-order valence-electron chi connectivity index (χ4n) is 10.7. The van der Waals surface area contributed by atoms with E-state index in [1.54, 1.807) is 0 Å².